The van der Waals surface area contributed by atoms with Crippen molar-refractivity contribution >= 4 is 21.6 Å². The van der Waals surface area contributed by atoms with Crippen LogP contribution in [0.3, 0.4) is 0 Å². The van der Waals surface area contributed by atoms with Crippen molar-refractivity contribution in [1.29, 1.82) is 0 Å². The summed E-state index contributed by atoms with van der Waals surface area (Å²) in [7, 11) is 0. The molecule has 94 valence electrons. The SMILES string of the molecule is c1ccc2c(OC3CC4CCC(C3)N4)nsc2c1. The third-order valence-corrected chi connectivity index (χ3v) is 4.86. The maximum atomic E-state index is 6.15. The molecule has 4 rings (SSSR count). The molecular formula is C14H16N2OS. The van der Waals surface area contributed by atoms with E-state index in [1.165, 1.54) is 29.1 Å². The monoisotopic (exact) mass is 260 g/mol. The fourth-order valence-corrected chi connectivity index (χ4v) is 3.92. The number of hydrogen-bond donors (Lipinski definition) is 1. The minimum absolute atomic E-state index is 0.342. The summed E-state index contributed by atoms with van der Waals surface area (Å²) in [6.45, 7) is 0. The van der Waals surface area contributed by atoms with Crippen LogP contribution in [0.4, 0.5) is 0 Å². The lowest BCUT2D eigenvalue weighted by Gasteiger charge is -2.28. The zero-order valence-corrected chi connectivity index (χ0v) is 11.0. The van der Waals surface area contributed by atoms with Crippen molar-refractivity contribution in [2.45, 2.75) is 43.9 Å². The number of rotatable bonds is 2. The van der Waals surface area contributed by atoms with Crippen LogP contribution in [0.1, 0.15) is 25.7 Å². The Kier molecular flexibility index (Phi) is 2.52. The molecule has 3 heterocycles. The zero-order valence-electron chi connectivity index (χ0n) is 10.1. The smallest absolute Gasteiger partial charge is 0.233 e. The standard InChI is InChI=1S/C14H16N2OS/c1-2-4-13-12(3-1)14(16-18-13)17-11-7-9-5-6-10(8-11)15-9/h1-4,9-11,15H,5-8H2. The van der Waals surface area contributed by atoms with Gasteiger partial charge in [-0.25, -0.2) is 0 Å². The van der Waals surface area contributed by atoms with Crippen LogP contribution < -0.4 is 10.1 Å². The van der Waals surface area contributed by atoms with E-state index in [2.05, 4.69) is 34.0 Å². The predicted octanol–water partition coefficient (Wildman–Crippen LogP) is 2.96. The number of hydrogen-bond acceptors (Lipinski definition) is 4. The van der Waals surface area contributed by atoms with Crippen LogP contribution in [-0.4, -0.2) is 22.6 Å². The fraction of sp³-hybridized carbons (Fsp3) is 0.500. The van der Waals surface area contributed by atoms with Gasteiger partial charge in [-0.1, -0.05) is 12.1 Å². The van der Waals surface area contributed by atoms with Gasteiger partial charge in [-0.05, 0) is 49.3 Å². The van der Waals surface area contributed by atoms with E-state index in [-0.39, 0.29) is 0 Å². The van der Waals surface area contributed by atoms with E-state index in [4.69, 9.17) is 4.74 Å². The van der Waals surface area contributed by atoms with Crippen LogP contribution in [0.5, 0.6) is 5.88 Å². The van der Waals surface area contributed by atoms with E-state index >= 15 is 0 Å². The highest BCUT2D eigenvalue weighted by Crippen LogP contribution is 2.33. The van der Waals surface area contributed by atoms with Gasteiger partial charge in [0.15, 0.2) is 0 Å². The summed E-state index contributed by atoms with van der Waals surface area (Å²) in [5.74, 6) is 0.835. The molecule has 2 fully saturated rings. The molecule has 2 bridgehead atoms. The Labute approximate surface area is 110 Å². The molecule has 2 saturated heterocycles. The van der Waals surface area contributed by atoms with Gasteiger partial charge in [0.05, 0.1) is 10.1 Å². The maximum Gasteiger partial charge on any atom is 0.233 e. The first kappa shape index (κ1) is 10.8. The van der Waals surface area contributed by atoms with E-state index in [1.807, 2.05) is 0 Å². The van der Waals surface area contributed by atoms with Crippen molar-refractivity contribution in [2.75, 3.05) is 0 Å². The Morgan fingerprint density at radius 2 is 1.94 bits per heavy atom. The maximum absolute atomic E-state index is 6.15. The molecule has 1 aromatic carbocycles. The van der Waals surface area contributed by atoms with Crippen LogP contribution in [0.15, 0.2) is 24.3 Å². The van der Waals surface area contributed by atoms with E-state index in [1.54, 1.807) is 0 Å². The van der Waals surface area contributed by atoms with Gasteiger partial charge in [0.2, 0.25) is 5.88 Å². The number of benzene rings is 1. The predicted molar refractivity (Wildman–Crippen MR) is 73.2 cm³/mol. The van der Waals surface area contributed by atoms with Crippen LogP contribution in [-0.2, 0) is 0 Å². The van der Waals surface area contributed by atoms with Crippen molar-refractivity contribution in [1.82, 2.24) is 9.69 Å². The molecule has 2 aliphatic heterocycles. The first-order valence-electron chi connectivity index (χ1n) is 6.65. The summed E-state index contributed by atoms with van der Waals surface area (Å²) in [6.07, 6.45) is 5.21. The Morgan fingerprint density at radius 3 is 2.78 bits per heavy atom. The molecule has 0 aliphatic carbocycles. The van der Waals surface area contributed by atoms with Gasteiger partial charge >= 0.3 is 0 Å². The molecule has 0 saturated carbocycles. The molecule has 2 aromatic rings. The second-order valence-electron chi connectivity index (χ2n) is 5.33. The Morgan fingerprint density at radius 1 is 1.17 bits per heavy atom. The minimum atomic E-state index is 0.342. The molecular weight excluding hydrogens is 244 g/mol. The number of fused-ring (bicyclic) bond motifs is 3. The third-order valence-electron chi connectivity index (χ3n) is 4.05. The van der Waals surface area contributed by atoms with Crippen LogP contribution in [0.2, 0.25) is 0 Å². The summed E-state index contributed by atoms with van der Waals surface area (Å²) in [5.41, 5.74) is 0. The van der Waals surface area contributed by atoms with E-state index in [9.17, 15) is 0 Å². The van der Waals surface area contributed by atoms with E-state index in [0.29, 0.717) is 18.2 Å². The average molecular weight is 260 g/mol. The highest BCUT2D eigenvalue weighted by Gasteiger charge is 2.34. The first-order chi connectivity index (χ1) is 8.88. The number of ether oxygens (including phenoxy) is 1. The molecule has 0 amide bonds. The average Bonchev–Trinajstić information content (AvgIpc) is 2.94. The van der Waals surface area contributed by atoms with Gasteiger partial charge in [-0.3, -0.25) is 0 Å². The summed E-state index contributed by atoms with van der Waals surface area (Å²) >= 11 is 1.53. The van der Waals surface area contributed by atoms with Crippen LogP contribution in [0, 0.1) is 0 Å². The normalized spacial score (nSPS) is 30.8. The topological polar surface area (TPSA) is 34.1 Å². The highest BCUT2D eigenvalue weighted by atomic mass is 32.1. The number of nitrogens with zero attached hydrogens (tertiary/aromatic N) is 1. The minimum Gasteiger partial charge on any atom is -0.473 e. The van der Waals surface area contributed by atoms with Crippen molar-refractivity contribution in [3.8, 4) is 5.88 Å². The van der Waals surface area contributed by atoms with Gasteiger partial charge in [-0.2, -0.15) is 4.37 Å². The molecule has 0 spiro atoms. The molecule has 2 unspecified atom stereocenters. The largest absolute Gasteiger partial charge is 0.473 e. The highest BCUT2D eigenvalue weighted by molar-refractivity contribution is 7.13. The number of nitrogens with one attached hydrogen (secondary N) is 1. The summed E-state index contributed by atoms with van der Waals surface area (Å²) < 4.78 is 11.8. The lowest BCUT2D eigenvalue weighted by molar-refractivity contribution is 0.135. The number of aromatic nitrogens is 1. The van der Waals surface area contributed by atoms with Gasteiger partial charge in [0, 0.05) is 12.1 Å². The molecule has 1 N–H and O–H groups in total. The molecule has 2 aliphatic rings. The number of piperidine rings is 1. The van der Waals surface area contributed by atoms with Gasteiger partial charge < -0.3 is 10.1 Å². The second kappa shape index (κ2) is 4.21. The van der Waals surface area contributed by atoms with Gasteiger partial charge in [0.25, 0.3) is 0 Å². The first-order valence-corrected chi connectivity index (χ1v) is 7.43. The van der Waals surface area contributed by atoms with Gasteiger partial charge in [0.1, 0.15) is 6.10 Å². The third kappa shape index (κ3) is 1.80. The lowest BCUT2D eigenvalue weighted by Crippen LogP contribution is -2.42. The van der Waals surface area contributed by atoms with Crippen molar-refractivity contribution < 1.29 is 4.74 Å². The fourth-order valence-electron chi connectivity index (χ4n) is 3.21. The second-order valence-corrected chi connectivity index (χ2v) is 6.14. The molecule has 4 heteroatoms. The van der Waals surface area contributed by atoms with Gasteiger partial charge in [-0.15, -0.1) is 0 Å². The Bertz CT molecular complexity index is 556. The summed E-state index contributed by atoms with van der Waals surface area (Å²) in [5, 5.41) is 4.80. The van der Waals surface area contributed by atoms with Crippen molar-refractivity contribution in [3.63, 3.8) is 0 Å². The molecule has 18 heavy (non-hydrogen) atoms. The van der Waals surface area contributed by atoms with Crippen molar-refractivity contribution in [3.05, 3.63) is 24.3 Å². The zero-order chi connectivity index (χ0) is 11.9. The summed E-state index contributed by atoms with van der Waals surface area (Å²) in [6, 6.07) is 9.64. The van der Waals surface area contributed by atoms with E-state index < -0.39 is 0 Å². The molecule has 0 radical (unpaired) electrons. The molecule has 2 atom stereocenters. The lowest BCUT2D eigenvalue weighted by atomic mass is 10.0. The Balaban J connectivity index is 1.57. The summed E-state index contributed by atoms with van der Waals surface area (Å²) in [4.78, 5) is 0. The van der Waals surface area contributed by atoms with Crippen LogP contribution in [0.25, 0.3) is 10.1 Å². The van der Waals surface area contributed by atoms with E-state index in [0.717, 1.165) is 24.1 Å². The van der Waals surface area contributed by atoms with Crippen molar-refractivity contribution in [2.24, 2.45) is 0 Å². The molecule has 1 aromatic heterocycles. The van der Waals surface area contributed by atoms with Crippen LogP contribution >= 0.6 is 11.5 Å². The quantitative estimate of drug-likeness (QED) is 0.901. The Hall–Kier alpha value is -1.13. The molecule has 3 nitrogen and oxygen atoms in total.